The number of nitro benzene ring substituents is 1. The van der Waals surface area contributed by atoms with Crippen molar-refractivity contribution in [1.29, 1.82) is 0 Å². The zero-order valence-electron chi connectivity index (χ0n) is 16.5. The smallest absolute Gasteiger partial charge is 0.269 e. The van der Waals surface area contributed by atoms with Gasteiger partial charge in [-0.15, -0.1) is 0 Å². The Morgan fingerprint density at radius 2 is 1.82 bits per heavy atom. The molecule has 3 aromatic rings. The van der Waals surface area contributed by atoms with Crippen molar-refractivity contribution in [3.63, 3.8) is 0 Å². The lowest BCUT2D eigenvalue weighted by Gasteiger charge is -2.23. The van der Waals surface area contributed by atoms with Crippen LogP contribution in [0.15, 0.2) is 53.1 Å². The number of benzene rings is 2. The first-order valence-corrected chi connectivity index (χ1v) is 9.22. The highest BCUT2D eigenvalue weighted by Gasteiger charge is 2.18. The summed E-state index contributed by atoms with van der Waals surface area (Å²) in [5.41, 5.74) is 3.12. The van der Waals surface area contributed by atoms with E-state index in [9.17, 15) is 10.1 Å². The van der Waals surface area contributed by atoms with E-state index >= 15 is 0 Å². The predicted octanol–water partition coefficient (Wildman–Crippen LogP) is 4.96. The first-order valence-electron chi connectivity index (χ1n) is 9.22. The first kappa shape index (κ1) is 19.7. The van der Waals surface area contributed by atoms with Gasteiger partial charge in [0.2, 0.25) is 11.7 Å². The lowest BCUT2D eigenvalue weighted by atomic mass is 10.0. The molecule has 146 valence electrons. The van der Waals surface area contributed by atoms with E-state index in [0.29, 0.717) is 24.2 Å². The Kier molecular flexibility index (Phi) is 5.84. The zero-order valence-corrected chi connectivity index (χ0v) is 16.5. The summed E-state index contributed by atoms with van der Waals surface area (Å²) in [7, 11) is 1.92. The maximum absolute atomic E-state index is 11.0. The molecule has 0 saturated heterocycles. The third-order valence-corrected chi connectivity index (χ3v) is 4.91. The highest BCUT2D eigenvalue weighted by atomic mass is 16.6. The van der Waals surface area contributed by atoms with Crippen LogP contribution < -0.4 is 0 Å². The Bertz CT molecular complexity index is 950. The number of nitro groups is 1. The van der Waals surface area contributed by atoms with Gasteiger partial charge in [0.05, 0.1) is 11.5 Å². The van der Waals surface area contributed by atoms with Gasteiger partial charge in [-0.1, -0.05) is 55.4 Å². The largest absolute Gasteiger partial charge is 0.338 e. The number of aromatic nitrogens is 2. The van der Waals surface area contributed by atoms with E-state index in [1.54, 1.807) is 12.1 Å². The number of hydrogen-bond donors (Lipinski definition) is 0. The highest BCUT2D eigenvalue weighted by molar-refractivity contribution is 5.54. The number of rotatable bonds is 7. The summed E-state index contributed by atoms with van der Waals surface area (Å²) in [4.78, 5) is 17.1. The Hall–Kier alpha value is -3.06. The minimum atomic E-state index is -0.384. The van der Waals surface area contributed by atoms with E-state index in [1.165, 1.54) is 11.6 Å². The summed E-state index contributed by atoms with van der Waals surface area (Å²) < 4.78 is 5.40. The van der Waals surface area contributed by atoms with Crippen LogP contribution in [0.2, 0.25) is 0 Å². The van der Waals surface area contributed by atoms with Gasteiger partial charge in [-0.05, 0) is 31.0 Å². The fourth-order valence-corrected chi connectivity index (χ4v) is 2.96. The van der Waals surface area contributed by atoms with Crippen LogP contribution in [0.3, 0.4) is 0 Å². The molecule has 0 bridgehead atoms. The molecule has 0 spiro atoms. The molecule has 0 amide bonds. The molecule has 1 atom stereocenters. The summed E-state index contributed by atoms with van der Waals surface area (Å²) in [6.07, 6.45) is 0. The standard InChI is InChI=1S/C21H24N4O3/c1-14(2)16-8-10-17(11-9-16)21-22-20(28-23-21)13-24(4)15(3)18-6-5-7-19(12-18)25(26)27/h5-12,14-15H,13H2,1-4H3. The van der Waals surface area contributed by atoms with Crippen LogP contribution in [0.5, 0.6) is 0 Å². The van der Waals surface area contributed by atoms with Crippen LogP contribution in [-0.4, -0.2) is 27.0 Å². The van der Waals surface area contributed by atoms with Gasteiger partial charge in [-0.2, -0.15) is 4.98 Å². The molecule has 2 aromatic carbocycles. The first-order chi connectivity index (χ1) is 13.3. The Morgan fingerprint density at radius 1 is 1.11 bits per heavy atom. The molecule has 0 saturated carbocycles. The number of non-ortho nitro benzene ring substituents is 1. The summed E-state index contributed by atoms with van der Waals surface area (Å²) in [6.45, 7) is 6.74. The van der Waals surface area contributed by atoms with Gasteiger partial charge in [0, 0.05) is 23.7 Å². The highest BCUT2D eigenvalue weighted by Crippen LogP contribution is 2.25. The molecular formula is C21H24N4O3. The molecule has 0 N–H and O–H groups in total. The molecule has 0 aliphatic rings. The fourth-order valence-electron chi connectivity index (χ4n) is 2.96. The molecule has 1 heterocycles. The minimum Gasteiger partial charge on any atom is -0.338 e. The normalized spacial score (nSPS) is 12.5. The van der Waals surface area contributed by atoms with Crippen molar-refractivity contribution >= 4 is 5.69 Å². The van der Waals surface area contributed by atoms with Gasteiger partial charge < -0.3 is 4.52 Å². The number of nitrogens with zero attached hydrogens (tertiary/aromatic N) is 4. The topological polar surface area (TPSA) is 85.3 Å². The van der Waals surface area contributed by atoms with Gasteiger partial charge in [-0.3, -0.25) is 15.0 Å². The van der Waals surface area contributed by atoms with Crippen LogP contribution >= 0.6 is 0 Å². The third kappa shape index (κ3) is 4.43. The lowest BCUT2D eigenvalue weighted by molar-refractivity contribution is -0.384. The summed E-state index contributed by atoms with van der Waals surface area (Å²) in [5, 5.41) is 15.1. The van der Waals surface area contributed by atoms with E-state index in [0.717, 1.165) is 11.1 Å². The van der Waals surface area contributed by atoms with Crippen molar-refractivity contribution in [3.8, 4) is 11.4 Å². The van der Waals surface area contributed by atoms with Crippen molar-refractivity contribution in [2.24, 2.45) is 0 Å². The SMILES string of the molecule is CC(C)c1ccc(-c2noc(CN(C)C(C)c3cccc([N+](=O)[O-])c3)n2)cc1. The second-order valence-electron chi connectivity index (χ2n) is 7.23. The number of hydrogen-bond acceptors (Lipinski definition) is 6. The molecule has 0 fully saturated rings. The van der Waals surface area contributed by atoms with Crippen molar-refractivity contribution in [2.75, 3.05) is 7.05 Å². The molecular weight excluding hydrogens is 356 g/mol. The van der Waals surface area contributed by atoms with E-state index in [2.05, 4.69) is 36.1 Å². The van der Waals surface area contributed by atoms with Crippen LogP contribution in [0.1, 0.15) is 49.7 Å². The quantitative estimate of drug-likeness (QED) is 0.425. The summed E-state index contributed by atoms with van der Waals surface area (Å²) >= 11 is 0. The average Bonchev–Trinajstić information content (AvgIpc) is 3.16. The molecule has 1 aromatic heterocycles. The molecule has 7 nitrogen and oxygen atoms in total. The molecule has 0 aliphatic carbocycles. The minimum absolute atomic E-state index is 0.0411. The van der Waals surface area contributed by atoms with Gasteiger partial charge in [0.15, 0.2) is 0 Å². The molecule has 0 aliphatic heterocycles. The van der Waals surface area contributed by atoms with Crippen molar-refractivity contribution in [1.82, 2.24) is 15.0 Å². The van der Waals surface area contributed by atoms with Gasteiger partial charge >= 0.3 is 0 Å². The lowest BCUT2D eigenvalue weighted by Crippen LogP contribution is -2.22. The van der Waals surface area contributed by atoms with Gasteiger partial charge in [0.1, 0.15) is 0 Å². The summed E-state index contributed by atoms with van der Waals surface area (Å²) in [6, 6.07) is 14.8. The monoisotopic (exact) mass is 380 g/mol. The summed E-state index contributed by atoms with van der Waals surface area (Å²) in [5.74, 6) is 1.53. The molecule has 1 unspecified atom stereocenters. The molecule has 3 rings (SSSR count). The van der Waals surface area contributed by atoms with E-state index in [1.807, 2.05) is 37.1 Å². The van der Waals surface area contributed by atoms with E-state index in [-0.39, 0.29) is 16.7 Å². The van der Waals surface area contributed by atoms with Crippen molar-refractivity contribution in [3.05, 3.63) is 75.7 Å². The Labute approximate surface area is 164 Å². The predicted molar refractivity (Wildman–Crippen MR) is 107 cm³/mol. The Morgan fingerprint density at radius 3 is 2.46 bits per heavy atom. The fraction of sp³-hybridized carbons (Fsp3) is 0.333. The average molecular weight is 380 g/mol. The van der Waals surface area contributed by atoms with E-state index in [4.69, 9.17) is 4.52 Å². The van der Waals surface area contributed by atoms with Crippen LogP contribution in [-0.2, 0) is 6.54 Å². The van der Waals surface area contributed by atoms with Gasteiger partial charge in [-0.25, -0.2) is 0 Å². The second-order valence-corrected chi connectivity index (χ2v) is 7.23. The van der Waals surface area contributed by atoms with Crippen molar-refractivity contribution < 1.29 is 9.45 Å². The molecule has 7 heteroatoms. The van der Waals surface area contributed by atoms with Crippen LogP contribution in [0, 0.1) is 10.1 Å². The van der Waals surface area contributed by atoms with Crippen LogP contribution in [0.25, 0.3) is 11.4 Å². The zero-order chi connectivity index (χ0) is 20.3. The maximum Gasteiger partial charge on any atom is 0.269 e. The second kappa shape index (κ2) is 8.31. The molecule has 0 radical (unpaired) electrons. The maximum atomic E-state index is 11.0. The van der Waals surface area contributed by atoms with Crippen LogP contribution in [0.4, 0.5) is 5.69 Å². The van der Waals surface area contributed by atoms with E-state index < -0.39 is 0 Å². The van der Waals surface area contributed by atoms with Crippen molar-refractivity contribution in [2.45, 2.75) is 39.3 Å². The molecule has 28 heavy (non-hydrogen) atoms. The van der Waals surface area contributed by atoms with Gasteiger partial charge in [0.25, 0.3) is 5.69 Å². The third-order valence-electron chi connectivity index (χ3n) is 4.91. The Balaban J connectivity index is 1.70.